The Bertz CT molecular complexity index is 652. The highest BCUT2D eigenvalue weighted by atomic mass is 35.5. The van der Waals surface area contributed by atoms with Crippen molar-refractivity contribution in [2.45, 2.75) is 19.8 Å². The minimum absolute atomic E-state index is 0.164. The monoisotopic (exact) mass is 321 g/mol. The predicted octanol–water partition coefficient (Wildman–Crippen LogP) is 3.36. The summed E-state index contributed by atoms with van der Waals surface area (Å²) in [5.41, 5.74) is 1.48. The number of furan rings is 1. The highest BCUT2D eigenvalue weighted by molar-refractivity contribution is 6.31. The van der Waals surface area contributed by atoms with Gasteiger partial charge in [0.2, 0.25) is 0 Å². The molecule has 0 aliphatic heterocycles. The molecule has 0 radical (unpaired) electrons. The highest BCUT2D eigenvalue weighted by Gasteiger charge is 2.09. The van der Waals surface area contributed by atoms with E-state index in [1.807, 2.05) is 6.92 Å². The van der Waals surface area contributed by atoms with Gasteiger partial charge in [-0.15, -0.1) is 0 Å². The summed E-state index contributed by atoms with van der Waals surface area (Å²) in [6.45, 7) is 1.54. The second-order valence-corrected chi connectivity index (χ2v) is 5.16. The Labute approximate surface area is 133 Å². The fourth-order valence-electron chi connectivity index (χ4n) is 1.77. The Morgan fingerprint density at radius 2 is 2.14 bits per heavy atom. The van der Waals surface area contributed by atoms with Gasteiger partial charge in [0.15, 0.2) is 6.61 Å². The van der Waals surface area contributed by atoms with Crippen molar-refractivity contribution in [1.29, 1.82) is 0 Å². The van der Waals surface area contributed by atoms with E-state index in [1.54, 1.807) is 36.6 Å². The lowest BCUT2D eigenvalue weighted by molar-refractivity contribution is -0.147. The fraction of sp³-hybridized carbons (Fsp3) is 0.250. The van der Waals surface area contributed by atoms with E-state index in [1.165, 1.54) is 0 Å². The summed E-state index contributed by atoms with van der Waals surface area (Å²) in [7, 11) is 0. The van der Waals surface area contributed by atoms with Gasteiger partial charge in [0.05, 0.1) is 12.7 Å². The zero-order valence-corrected chi connectivity index (χ0v) is 12.9. The largest absolute Gasteiger partial charge is 0.469 e. The minimum atomic E-state index is -0.450. The van der Waals surface area contributed by atoms with Crippen LogP contribution in [-0.2, 0) is 20.7 Å². The Kier molecular flexibility index (Phi) is 5.61. The lowest BCUT2D eigenvalue weighted by Gasteiger charge is -2.07. The molecule has 1 heterocycles. The zero-order chi connectivity index (χ0) is 15.9. The van der Waals surface area contributed by atoms with Crippen LogP contribution in [0.5, 0.6) is 0 Å². The maximum atomic E-state index is 11.7. The van der Waals surface area contributed by atoms with Crippen molar-refractivity contribution in [2.75, 3.05) is 11.9 Å². The van der Waals surface area contributed by atoms with Crippen LogP contribution >= 0.6 is 11.6 Å². The average Bonchev–Trinajstić information content (AvgIpc) is 3.00. The van der Waals surface area contributed by atoms with Gasteiger partial charge < -0.3 is 14.5 Å². The molecule has 0 spiro atoms. The molecule has 1 amide bonds. The summed E-state index contributed by atoms with van der Waals surface area (Å²) < 4.78 is 10.0. The summed E-state index contributed by atoms with van der Waals surface area (Å²) >= 11 is 5.97. The third-order valence-corrected chi connectivity index (χ3v) is 3.38. The summed E-state index contributed by atoms with van der Waals surface area (Å²) in [5.74, 6) is -0.157. The zero-order valence-electron chi connectivity index (χ0n) is 12.1. The van der Waals surface area contributed by atoms with Gasteiger partial charge >= 0.3 is 5.97 Å². The smallest absolute Gasteiger partial charge is 0.306 e. The van der Waals surface area contributed by atoms with E-state index in [0.717, 1.165) is 5.56 Å². The molecule has 0 bridgehead atoms. The number of hydrogen-bond donors (Lipinski definition) is 1. The molecule has 1 aromatic carbocycles. The number of carbonyl (C=O) groups is 2. The van der Waals surface area contributed by atoms with Crippen molar-refractivity contribution in [3.8, 4) is 0 Å². The van der Waals surface area contributed by atoms with Gasteiger partial charge in [-0.3, -0.25) is 9.59 Å². The van der Waals surface area contributed by atoms with Gasteiger partial charge in [-0.25, -0.2) is 0 Å². The summed E-state index contributed by atoms with van der Waals surface area (Å²) in [6.07, 6.45) is 2.15. The maximum Gasteiger partial charge on any atom is 0.306 e. The number of halogens is 1. The first-order valence-electron chi connectivity index (χ1n) is 6.78. The lowest BCUT2D eigenvalue weighted by atomic mass is 10.2. The van der Waals surface area contributed by atoms with E-state index >= 15 is 0 Å². The quantitative estimate of drug-likeness (QED) is 0.828. The maximum absolute atomic E-state index is 11.7. The summed E-state index contributed by atoms with van der Waals surface area (Å²) in [4.78, 5) is 23.2. The normalized spacial score (nSPS) is 10.3. The Balaban J connectivity index is 1.72. The third-order valence-electron chi connectivity index (χ3n) is 2.98. The van der Waals surface area contributed by atoms with E-state index in [9.17, 15) is 9.59 Å². The van der Waals surface area contributed by atoms with Crippen LogP contribution in [0, 0.1) is 6.92 Å². The van der Waals surface area contributed by atoms with Crippen LogP contribution in [0.15, 0.2) is 41.0 Å². The Hall–Kier alpha value is -2.27. The molecule has 1 N–H and O–H groups in total. The van der Waals surface area contributed by atoms with Crippen LogP contribution in [-0.4, -0.2) is 18.5 Å². The van der Waals surface area contributed by atoms with Crippen LogP contribution in [0.1, 0.15) is 17.7 Å². The van der Waals surface area contributed by atoms with Gasteiger partial charge in [0.1, 0.15) is 5.76 Å². The predicted molar refractivity (Wildman–Crippen MR) is 82.8 cm³/mol. The molecular formula is C16H16ClNO4. The first kappa shape index (κ1) is 16.1. The number of carbonyl (C=O) groups excluding carboxylic acids is 2. The Morgan fingerprint density at radius 1 is 1.32 bits per heavy atom. The van der Waals surface area contributed by atoms with Crippen LogP contribution in [0.2, 0.25) is 5.02 Å². The highest BCUT2D eigenvalue weighted by Crippen LogP contribution is 2.19. The second kappa shape index (κ2) is 7.66. The molecule has 0 saturated heterocycles. The molecule has 0 fully saturated rings. The molecule has 0 aliphatic rings. The van der Waals surface area contributed by atoms with Crippen LogP contribution in [0.3, 0.4) is 0 Å². The number of nitrogens with one attached hydrogen (secondary N) is 1. The number of hydrogen-bond acceptors (Lipinski definition) is 4. The van der Waals surface area contributed by atoms with Gasteiger partial charge in [0.25, 0.3) is 5.91 Å². The molecule has 5 nitrogen and oxygen atoms in total. The van der Waals surface area contributed by atoms with E-state index in [2.05, 4.69) is 5.32 Å². The molecule has 116 valence electrons. The number of rotatable bonds is 6. The molecule has 1 aromatic heterocycles. The molecule has 22 heavy (non-hydrogen) atoms. The van der Waals surface area contributed by atoms with E-state index < -0.39 is 11.9 Å². The van der Waals surface area contributed by atoms with Gasteiger partial charge in [-0.1, -0.05) is 17.7 Å². The van der Waals surface area contributed by atoms with Crippen molar-refractivity contribution in [3.63, 3.8) is 0 Å². The van der Waals surface area contributed by atoms with E-state index in [4.69, 9.17) is 20.8 Å². The lowest BCUT2D eigenvalue weighted by Crippen LogP contribution is -2.21. The second-order valence-electron chi connectivity index (χ2n) is 4.75. The van der Waals surface area contributed by atoms with Crippen molar-refractivity contribution in [1.82, 2.24) is 0 Å². The van der Waals surface area contributed by atoms with Crippen molar-refractivity contribution < 1.29 is 18.7 Å². The third kappa shape index (κ3) is 4.93. The first-order chi connectivity index (χ1) is 10.5. The molecule has 0 atom stereocenters. The first-order valence-corrected chi connectivity index (χ1v) is 7.16. The molecule has 6 heteroatoms. The average molecular weight is 322 g/mol. The molecule has 2 rings (SSSR count). The number of anilines is 1. The summed E-state index contributed by atoms with van der Waals surface area (Å²) in [6, 6.07) is 8.71. The number of aryl methyl sites for hydroxylation is 2. The van der Waals surface area contributed by atoms with Gasteiger partial charge in [-0.2, -0.15) is 0 Å². The fourth-order valence-corrected chi connectivity index (χ4v) is 1.95. The number of ether oxygens (including phenoxy) is 1. The molecule has 0 unspecified atom stereocenters. The topological polar surface area (TPSA) is 68.5 Å². The standard InChI is InChI=1S/C16H16ClNO4/c1-11-4-5-12(9-14(11)17)18-15(19)10-22-16(20)7-6-13-3-2-8-21-13/h2-5,8-9H,6-7,10H2,1H3,(H,18,19). The molecular weight excluding hydrogens is 306 g/mol. The van der Waals surface area contributed by atoms with Crippen LogP contribution < -0.4 is 5.32 Å². The van der Waals surface area contributed by atoms with Gasteiger partial charge in [-0.05, 0) is 36.8 Å². The summed E-state index contributed by atoms with van der Waals surface area (Å²) in [5, 5.41) is 3.18. The van der Waals surface area contributed by atoms with Crippen molar-refractivity contribution >= 4 is 29.2 Å². The molecule has 0 saturated carbocycles. The van der Waals surface area contributed by atoms with Crippen LogP contribution in [0.4, 0.5) is 5.69 Å². The SMILES string of the molecule is Cc1ccc(NC(=O)COC(=O)CCc2ccco2)cc1Cl. The van der Waals surface area contributed by atoms with Crippen LogP contribution in [0.25, 0.3) is 0 Å². The van der Waals surface area contributed by atoms with Gasteiger partial charge in [0, 0.05) is 17.1 Å². The number of esters is 1. The molecule has 0 aliphatic carbocycles. The van der Waals surface area contributed by atoms with Crippen molar-refractivity contribution in [2.24, 2.45) is 0 Å². The Morgan fingerprint density at radius 3 is 2.82 bits per heavy atom. The number of benzene rings is 1. The van der Waals surface area contributed by atoms with Crippen molar-refractivity contribution in [3.05, 3.63) is 52.9 Å². The number of amides is 1. The molecule has 2 aromatic rings. The minimum Gasteiger partial charge on any atom is -0.469 e. The van der Waals surface area contributed by atoms with E-state index in [0.29, 0.717) is 22.9 Å². The van der Waals surface area contributed by atoms with E-state index in [-0.39, 0.29) is 13.0 Å².